The van der Waals surface area contributed by atoms with E-state index in [1.807, 2.05) is 0 Å². The molecule has 0 fully saturated rings. The molecule has 0 bridgehead atoms. The normalized spacial score (nSPS) is 11.7. The largest absolute Gasteiger partial charge is 0.433 e. The number of aromatic nitrogens is 3. The highest BCUT2D eigenvalue weighted by Gasteiger charge is 2.24. The van der Waals surface area contributed by atoms with Crippen LogP contribution in [0.25, 0.3) is 11.6 Å². The van der Waals surface area contributed by atoms with Crippen molar-refractivity contribution < 1.29 is 22.5 Å². The summed E-state index contributed by atoms with van der Waals surface area (Å²) in [5.74, 6) is -0.493. The van der Waals surface area contributed by atoms with Gasteiger partial charge in [0.25, 0.3) is 15.2 Å². The van der Waals surface area contributed by atoms with Gasteiger partial charge in [-0.25, -0.2) is 13.6 Å². The zero-order valence-corrected chi connectivity index (χ0v) is 11.6. The van der Waals surface area contributed by atoms with Gasteiger partial charge < -0.3 is 9.15 Å². The van der Waals surface area contributed by atoms with Crippen LogP contribution in [0.4, 0.5) is 5.88 Å². The van der Waals surface area contributed by atoms with Gasteiger partial charge in [0, 0.05) is 7.11 Å². The average molecular weight is 317 g/mol. The van der Waals surface area contributed by atoms with Crippen molar-refractivity contribution in [2.75, 3.05) is 13.7 Å². The topological polar surface area (TPSA) is 156 Å². The predicted octanol–water partition coefficient (Wildman–Crippen LogP) is -0.260. The molecule has 0 atom stereocenters. The molecule has 0 aliphatic heterocycles. The summed E-state index contributed by atoms with van der Waals surface area (Å²) in [5, 5.41) is 22.3. The summed E-state index contributed by atoms with van der Waals surface area (Å²) in [6.45, 7) is 0.245. The summed E-state index contributed by atoms with van der Waals surface area (Å²) in [5.41, 5.74) is 0. The molecule has 11 nitrogen and oxygen atoms in total. The number of nitrogens with two attached hydrogens (primary N) is 1. The lowest BCUT2D eigenvalue weighted by Crippen LogP contribution is -2.20. The van der Waals surface area contributed by atoms with E-state index >= 15 is 0 Å². The first-order valence-corrected chi connectivity index (χ1v) is 7.08. The molecule has 2 aromatic rings. The summed E-state index contributed by atoms with van der Waals surface area (Å²) in [6.07, 6.45) is 0. The number of primary sulfonamides is 1. The van der Waals surface area contributed by atoms with Gasteiger partial charge in [-0.15, -0.1) is 10.2 Å². The van der Waals surface area contributed by atoms with Crippen molar-refractivity contribution in [1.29, 1.82) is 0 Å². The highest BCUT2D eigenvalue weighted by atomic mass is 32.2. The van der Waals surface area contributed by atoms with Crippen molar-refractivity contribution in [3.8, 4) is 11.6 Å². The van der Waals surface area contributed by atoms with Crippen LogP contribution in [0, 0.1) is 10.1 Å². The van der Waals surface area contributed by atoms with E-state index in [2.05, 4.69) is 10.2 Å². The van der Waals surface area contributed by atoms with Gasteiger partial charge in [0.2, 0.25) is 5.82 Å². The Kier molecular flexibility index (Phi) is 4.02. The molecule has 2 aromatic heterocycles. The second kappa shape index (κ2) is 5.59. The van der Waals surface area contributed by atoms with Crippen molar-refractivity contribution in [1.82, 2.24) is 14.8 Å². The molecular formula is C9H11N5O6S. The minimum absolute atomic E-state index is 0.000188. The van der Waals surface area contributed by atoms with Crippen molar-refractivity contribution in [3.63, 3.8) is 0 Å². The van der Waals surface area contributed by atoms with Crippen LogP contribution in [-0.4, -0.2) is 41.8 Å². The van der Waals surface area contributed by atoms with Gasteiger partial charge in [0.15, 0.2) is 5.76 Å². The highest BCUT2D eigenvalue weighted by Crippen LogP contribution is 2.26. The lowest BCUT2D eigenvalue weighted by Gasteiger charge is -2.06. The molecule has 2 rings (SSSR count). The number of ether oxygens (including phenoxy) is 1. The Morgan fingerprint density at radius 1 is 1.48 bits per heavy atom. The summed E-state index contributed by atoms with van der Waals surface area (Å²) < 4.78 is 33.9. The quantitative estimate of drug-likeness (QED) is 0.564. The van der Waals surface area contributed by atoms with Gasteiger partial charge in [-0.2, -0.15) is 0 Å². The van der Waals surface area contributed by atoms with Gasteiger partial charge in [0.05, 0.1) is 19.2 Å². The first-order chi connectivity index (χ1) is 9.84. The molecule has 0 spiro atoms. The van der Waals surface area contributed by atoms with Crippen LogP contribution in [0.15, 0.2) is 21.7 Å². The number of nitro groups is 1. The van der Waals surface area contributed by atoms with E-state index in [4.69, 9.17) is 14.3 Å². The number of rotatable bonds is 6. The molecule has 0 unspecified atom stereocenters. The van der Waals surface area contributed by atoms with E-state index in [-0.39, 0.29) is 24.7 Å². The van der Waals surface area contributed by atoms with Crippen LogP contribution in [-0.2, 0) is 21.3 Å². The summed E-state index contributed by atoms with van der Waals surface area (Å²) >= 11 is 0. The molecule has 0 aliphatic rings. The molecule has 2 N–H and O–H groups in total. The van der Waals surface area contributed by atoms with Crippen LogP contribution in [0.1, 0.15) is 0 Å². The maximum atomic E-state index is 11.4. The first-order valence-electron chi connectivity index (χ1n) is 5.54. The Hall–Kier alpha value is -2.31. The third-order valence-corrected chi connectivity index (χ3v) is 3.29. The SMILES string of the molecule is COCCn1c(-c2ccc([N+](=O)[O-])o2)nnc1S(N)(=O)=O. The van der Waals surface area contributed by atoms with Crippen molar-refractivity contribution in [2.24, 2.45) is 5.14 Å². The van der Waals surface area contributed by atoms with Crippen LogP contribution >= 0.6 is 0 Å². The molecule has 0 amide bonds. The maximum Gasteiger partial charge on any atom is 0.433 e. The Balaban J connectivity index is 2.52. The van der Waals surface area contributed by atoms with Gasteiger partial charge in [0.1, 0.15) is 4.92 Å². The standard InChI is InChI=1S/C9H11N5O6S/c1-19-5-4-13-8(11-12-9(13)21(10,17)18)6-2-3-7(20-6)14(15)16/h2-3H,4-5H2,1H3,(H2,10,17,18). The van der Waals surface area contributed by atoms with E-state index in [0.717, 1.165) is 10.6 Å². The third-order valence-electron chi connectivity index (χ3n) is 2.48. The highest BCUT2D eigenvalue weighted by molar-refractivity contribution is 7.89. The zero-order valence-electron chi connectivity index (χ0n) is 10.8. The minimum atomic E-state index is -4.10. The second-order valence-electron chi connectivity index (χ2n) is 3.89. The first kappa shape index (κ1) is 15.1. The smallest absolute Gasteiger partial charge is 0.397 e. The third kappa shape index (κ3) is 3.07. The number of sulfonamides is 1. The summed E-state index contributed by atoms with van der Waals surface area (Å²) in [7, 11) is -2.67. The van der Waals surface area contributed by atoms with E-state index in [0.29, 0.717) is 0 Å². The van der Waals surface area contributed by atoms with Crippen molar-refractivity contribution in [2.45, 2.75) is 11.7 Å². The number of furan rings is 1. The molecule has 0 aromatic carbocycles. The maximum absolute atomic E-state index is 11.4. The lowest BCUT2D eigenvalue weighted by atomic mass is 10.4. The fraction of sp³-hybridized carbons (Fsp3) is 0.333. The van der Waals surface area contributed by atoms with E-state index in [1.54, 1.807) is 0 Å². The molecule has 0 saturated carbocycles. The van der Waals surface area contributed by atoms with Crippen molar-refractivity contribution in [3.05, 3.63) is 22.2 Å². The van der Waals surface area contributed by atoms with Crippen LogP contribution in [0.2, 0.25) is 0 Å². The molecule has 0 aliphatic carbocycles. The average Bonchev–Trinajstić information content (AvgIpc) is 3.01. The second-order valence-corrected chi connectivity index (χ2v) is 5.35. The van der Waals surface area contributed by atoms with E-state index in [1.165, 1.54) is 13.2 Å². The monoisotopic (exact) mass is 317 g/mol. The van der Waals surface area contributed by atoms with Crippen LogP contribution in [0.5, 0.6) is 0 Å². The Morgan fingerprint density at radius 3 is 2.71 bits per heavy atom. The number of hydrogen-bond acceptors (Lipinski definition) is 8. The Bertz CT molecular complexity index is 763. The minimum Gasteiger partial charge on any atom is -0.397 e. The Labute approximate surface area is 118 Å². The molecule has 12 heteroatoms. The predicted molar refractivity (Wildman–Crippen MR) is 67.6 cm³/mol. The Morgan fingerprint density at radius 2 is 2.19 bits per heavy atom. The lowest BCUT2D eigenvalue weighted by molar-refractivity contribution is -0.401. The molecule has 2 heterocycles. The van der Waals surface area contributed by atoms with E-state index in [9.17, 15) is 18.5 Å². The summed E-state index contributed by atoms with van der Waals surface area (Å²) in [6, 6.07) is 2.42. The molecule has 0 radical (unpaired) electrons. The fourth-order valence-corrected chi connectivity index (χ4v) is 2.25. The molecule has 21 heavy (non-hydrogen) atoms. The van der Waals surface area contributed by atoms with Gasteiger partial charge in [-0.1, -0.05) is 0 Å². The number of hydrogen-bond donors (Lipinski definition) is 1. The van der Waals surface area contributed by atoms with E-state index < -0.39 is 26.0 Å². The van der Waals surface area contributed by atoms with Gasteiger partial charge in [-0.3, -0.25) is 14.7 Å². The number of methoxy groups -OCH3 is 1. The fourth-order valence-electron chi connectivity index (χ4n) is 1.61. The number of nitrogens with zero attached hydrogens (tertiary/aromatic N) is 4. The zero-order chi connectivity index (χ0) is 15.6. The van der Waals surface area contributed by atoms with Crippen LogP contribution in [0.3, 0.4) is 0 Å². The van der Waals surface area contributed by atoms with Crippen molar-refractivity contribution >= 4 is 15.9 Å². The molecule has 0 saturated heterocycles. The summed E-state index contributed by atoms with van der Waals surface area (Å²) in [4.78, 5) is 9.88. The molecule has 114 valence electrons. The molecular weight excluding hydrogens is 306 g/mol. The van der Waals surface area contributed by atoms with Gasteiger partial charge >= 0.3 is 5.88 Å². The van der Waals surface area contributed by atoms with Crippen LogP contribution < -0.4 is 5.14 Å². The van der Waals surface area contributed by atoms with Gasteiger partial charge in [-0.05, 0) is 6.07 Å².